The van der Waals surface area contributed by atoms with E-state index in [1.54, 1.807) is 0 Å². The maximum atomic E-state index is 11.7. The molecule has 2 atom stereocenters. The standard InChI is InChI=1S/C14H27NO4/c1-4-5-6-7-8-11(14(18)19)15-13(17)12(16)9-10(2)3/h10-12,16H,4-9H2,1-3H3,(H,15,17)(H,18,19)/t11-,12+/m1/s1. The van der Waals surface area contributed by atoms with Crippen LogP contribution in [0.15, 0.2) is 0 Å². The smallest absolute Gasteiger partial charge is 0.326 e. The van der Waals surface area contributed by atoms with E-state index in [0.29, 0.717) is 12.8 Å². The van der Waals surface area contributed by atoms with Crippen LogP contribution in [0.1, 0.15) is 59.3 Å². The molecular weight excluding hydrogens is 246 g/mol. The maximum absolute atomic E-state index is 11.7. The second kappa shape index (κ2) is 9.78. The van der Waals surface area contributed by atoms with Crippen molar-refractivity contribution in [2.45, 2.75) is 71.4 Å². The molecule has 0 aromatic heterocycles. The lowest BCUT2D eigenvalue weighted by Gasteiger charge is -2.18. The van der Waals surface area contributed by atoms with E-state index in [1.165, 1.54) is 0 Å². The second-order valence-electron chi connectivity index (χ2n) is 5.39. The van der Waals surface area contributed by atoms with E-state index >= 15 is 0 Å². The Morgan fingerprint density at radius 3 is 2.26 bits per heavy atom. The van der Waals surface area contributed by atoms with Crippen molar-refractivity contribution in [2.75, 3.05) is 0 Å². The van der Waals surface area contributed by atoms with Crippen molar-refractivity contribution in [3.8, 4) is 0 Å². The first-order valence-electron chi connectivity index (χ1n) is 7.09. The van der Waals surface area contributed by atoms with Crippen LogP contribution >= 0.6 is 0 Å². The number of unbranched alkanes of at least 4 members (excludes halogenated alkanes) is 3. The van der Waals surface area contributed by atoms with Crippen molar-refractivity contribution >= 4 is 11.9 Å². The number of aliphatic hydroxyl groups excluding tert-OH is 1. The Morgan fingerprint density at radius 1 is 1.16 bits per heavy atom. The van der Waals surface area contributed by atoms with Crippen molar-refractivity contribution in [2.24, 2.45) is 5.92 Å². The minimum Gasteiger partial charge on any atom is -0.480 e. The fraction of sp³-hybridized carbons (Fsp3) is 0.857. The first-order chi connectivity index (χ1) is 8.88. The zero-order valence-corrected chi connectivity index (χ0v) is 12.2. The van der Waals surface area contributed by atoms with Crippen molar-refractivity contribution in [1.82, 2.24) is 5.32 Å². The molecule has 112 valence electrons. The molecule has 0 fully saturated rings. The molecule has 5 nitrogen and oxygen atoms in total. The van der Waals surface area contributed by atoms with E-state index in [1.807, 2.05) is 13.8 Å². The monoisotopic (exact) mass is 273 g/mol. The fourth-order valence-corrected chi connectivity index (χ4v) is 1.85. The zero-order chi connectivity index (χ0) is 14.8. The van der Waals surface area contributed by atoms with E-state index < -0.39 is 24.0 Å². The molecule has 0 bridgehead atoms. The third-order valence-electron chi connectivity index (χ3n) is 2.96. The van der Waals surface area contributed by atoms with E-state index in [9.17, 15) is 14.7 Å². The van der Waals surface area contributed by atoms with Crippen LogP contribution in [0.2, 0.25) is 0 Å². The maximum Gasteiger partial charge on any atom is 0.326 e. The van der Waals surface area contributed by atoms with Crippen LogP contribution < -0.4 is 5.32 Å². The number of carboxylic acids is 1. The number of amides is 1. The minimum absolute atomic E-state index is 0.189. The highest BCUT2D eigenvalue weighted by molar-refractivity contribution is 5.86. The summed E-state index contributed by atoms with van der Waals surface area (Å²) in [6.45, 7) is 5.88. The molecule has 0 heterocycles. The predicted octanol–water partition coefficient (Wildman–Crippen LogP) is 1.93. The first kappa shape index (κ1) is 17.9. The highest BCUT2D eigenvalue weighted by atomic mass is 16.4. The Bertz CT molecular complexity index is 279. The molecule has 0 saturated carbocycles. The van der Waals surface area contributed by atoms with Crippen LogP contribution in [0.25, 0.3) is 0 Å². The molecule has 0 aliphatic carbocycles. The van der Waals surface area contributed by atoms with E-state index in [4.69, 9.17) is 5.11 Å². The molecule has 19 heavy (non-hydrogen) atoms. The Kier molecular flexibility index (Phi) is 9.21. The van der Waals surface area contributed by atoms with Crippen LogP contribution in [-0.2, 0) is 9.59 Å². The molecule has 0 aromatic rings. The second-order valence-corrected chi connectivity index (χ2v) is 5.39. The Labute approximate surface area is 115 Å². The van der Waals surface area contributed by atoms with Crippen LogP contribution in [0.3, 0.4) is 0 Å². The van der Waals surface area contributed by atoms with Crippen molar-refractivity contribution in [3.05, 3.63) is 0 Å². The number of rotatable bonds is 10. The summed E-state index contributed by atoms with van der Waals surface area (Å²) in [5.74, 6) is -1.44. The molecule has 0 spiro atoms. The normalized spacial score (nSPS) is 14.2. The molecule has 0 radical (unpaired) electrons. The Hall–Kier alpha value is -1.10. The lowest BCUT2D eigenvalue weighted by molar-refractivity contribution is -0.143. The van der Waals surface area contributed by atoms with Crippen molar-refractivity contribution in [1.29, 1.82) is 0 Å². The molecule has 0 aliphatic rings. The molecule has 0 aromatic carbocycles. The van der Waals surface area contributed by atoms with E-state index in [-0.39, 0.29) is 5.92 Å². The van der Waals surface area contributed by atoms with Gasteiger partial charge in [0.2, 0.25) is 5.91 Å². The van der Waals surface area contributed by atoms with E-state index in [2.05, 4.69) is 12.2 Å². The van der Waals surface area contributed by atoms with Gasteiger partial charge in [-0.05, 0) is 18.8 Å². The summed E-state index contributed by atoms with van der Waals surface area (Å²) >= 11 is 0. The van der Waals surface area contributed by atoms with Gasteiger partial charge in [-0.2, -0.15) is 0 Å². The average molecular weight is 273 g/mol. The summed E-state index contributed by atoms with van der Waals surface area (Å²) in [6.07, 6.45) is 3.50. The van der Waals surface area contributed by atoms with Gasteiger partial charge in [-0.25, -0.2) is 4.79 Å². The zero-order valence-electron chi connectivity index (χ0n) is 12.2. The van der Waals surface area contributed by atoms with Gasteiger partial charge in [0.15, 0.2) is 0 Å². The summed E-state index contributed by atoms with van der Waals surface area (Å²) in [7, 11) is 0. The predicted molar refractivity (Wildman–Crippen MR) is 73.8 cm³/mol. The van der Waals surface area contributed by atoms with Crippen molar-refractivity contribution in [3.63, 3.8) is 0 Å². The molecule has 3 N–H and O–H groups in total. The SMILES string of the molecule is CCCCCC[C@@H](NC(=O)[C@@H](O)CC(C)C)C(=O)O. The number of hydrogen-bond acceptors (Lipinski definition) is 3. The highest BCUT2D eigenvalue weighted by Gasteiger charge is 2.23. The van der Waals surface area contributed by atoms with Crippen molar-refractivity contribution < 1.29 is 19.8 Å². The lowest BCUT2D eigenvalue weighted by Crippen LogP contribution is -2.45. The molecule has 0 saturated heterocycles. The molecular formula is C14H27NO4. The third-order valence-corrected chi connectivity index (χ3v) is 2.96. The number of carbonyl (C=O) groups excluding carboxylic acids is 1. The number of hydrogen-bond donors (Lipinski definition) is 3. The number of carboxylic acid groups (broad SMARTS) is 1. The minimum atomic E-state index is -1.13. The lowest BCUT2D eigenvalue weighted by atomic mass is 10.0. The van der Waals surface area contributed by atoms with Gasteiger partial charge in [0.25, 0.3) is 0 Å². The summed E-state index contributed by atoms with van der Waals surface area (Å²) in [5.41, 5.74) is 0. The molecule has 0 unspecified atom stereocenters. The molecule has 0 aliphatic heterocycles. The fourth-order valence-electron chi connectivity index (χ4n) is 1.85. The largest absolute Gasteiger partial charge is 0.480 e. The number of aliphatic hydroxyl groups is 1. The van der Waals surface area contributed by atoms with Crippen LogP contribution in [0.4, 0.5) is 0 Å². The van der Waals surface area contributed by atoms with Crippen LogP contribution in [-0.4, -0.2) is 34.2 Å². The highest BCUT2D eigenvalue weighted by Crippen LogP contribution is 2.08. The summed E-state index contributed by atoms with van der Waals surface area (Å²) < 4.78 is 0. The number of carbonyl (C=O) groups is 2. The summed E-state index contributed by atoms with van der Waals surface area (Å²) in [5, 5.41) is 21.1. The number of aliphatic carboxylic acids is 1. The van der Waals surface area contributed by atoms with Gasteiger partial charge in [0.1, 0.15) is 12.1 Å². The molecule has 0 rings (SSSR count). The molecule has 5 heteroatoms. The Morgan fingerprint density at radius 2 is 1.79 bits per heavy atom. The summed E-state index contributed by atoms with van der Waals surface area (Å²) in [6, 6.07) is -0.897. The Balaban J connectivity index is 4.18. The van der Waals surface area contributed by atoms with Gasteiger partial charge in [-0.1, -0.05) is 46.5 Å². The average Bonchev–Trinajstić information content (AvgIpc) is 2.31. The van der Waals surface area contributed by atoms with Gasteiger partial charge in [0.05, 0.1) is 0 Å². The van der Waals surface area contributed by atoms with E-state index in [0.717, 1.165) is 25.7 Å². The first-order valence-corrected chi connectivity index (χ1v) is 7.09. The van der Waals surface area contributed by atoms with Gasteiger partial charge in [-0.15, -0.1) is 0 Å². The van der Waals surface area contributed by atoms with Crippen LogP contribution in [0.5, 0.6) is 0 Å². The summed E-state index contributed by atoms with van der Waals surface area (Å²) in [4.78, 5) is 22.7. The van der Waals surface area contributed by atoms with Gasteiger partial charge < -0.3 is 15.5 Å². The third kappa shape index (κ3) is 8.59. The van der Waals surface area contributed by atoms with Gasteiger partial charge in [0, 0.05) is 0 Å². The van der Waals surface area contributed by atoms with Gasteiger partial charge >= 0.3 is 5.97 Å². The quantitative estimate of drug-likeness (QED) is 0.531. The molecule has 1 amide bonds. The topological polar surface area (TPSA) is 86.6 Å². The van der Waals surface area contributed by atoms with Crippen LogP contribution in [0, 0.1) is 5.92 Å². The number of nitrogens with one attached hydrogen (secondary N) is 1. The van der Waals surface area contributed by atoms with Gasteiger partial charge in [-0.3, -0.25) is 4.79 Å².